The van der Waals surface area contributed by atoms with Gasteiger partial charge in [-0.2, -0.15) is 0 Å². The topological polar surface area (TPSA) is 55.6 Å². The van der Waals surface area contributed by atoms with Gasteiger partial charge in [-0.3, -0.25) is 4.79 Å². The van der Waals surface area contributed by atoms with Gasteiger partial charge >= 0.3 is 0 Å². The van der Waals surface area contributed by atoms with E-state index in [0.717, 1.165) is 0 Å². The fourth-order valence-electron chi connectivity index (χ4n) is 2.18. The van der Waals surface area contributed by atoms with E-state index in [0.29, 0.717) is 24.3 Å². The summed E-state index contributed by atoms with van der Waals surface area (Å²) in [6, 6.07) is 4.23. The molecular weight excluding hydrogens is 235 g/mol. The largest absolute Gasteiger partial charge is 0.495 e. The summed E-state index contributed by atoms with van der Waals surface area (Å²) in [5, 5.41) is 0. The van der Waals surface area contributed by atoms with Gasteiger partial charge < -0.3 is 15.4 Å². The molecule has 2 N–H and O–H groups in total. The van der Waals surface area contributed by atoms with E-state index in [1.807, 2.05) is 0 Å². The molecule has 1 aliphatic rings. The molecule has 2 rings (SSSR count). The average Bonchev–Trinajstić information content (AvgIpc) is 2.33. The Hall–Kier alpha value is -1.62. The number of amides is 1. The zero-order valence-electron chi connectivity index (χ0n) is 10.5. The van der Waals surface area contributed by atoms with Crippen LogP contribution in [0.4, 0.5) is 10.1 Å². The Morgan fingerprint density at radius 2 is 2.17 bits per heavy atom. The highest BCUT2D eigenvalue weighted by molar-refractivity contribution is 5.96. The minimum Gasteiger partial charge on any atom is -0.495 e. The zero-order valence-corrected chi connectivity index (χ0v) is 10.5. The molecule has 4 nitrogen and oxygen atoms in total. The summed E-state index contributed by atoms with van der Waals surface area (Å²) >= 11 is 0. The third-order valence-electron chi connectivity index (χ3n) is 3.36. The van der Waals surface area contributed by atoms with Crippen molar-refractivity contribution in [2.75, 3.05) is 19.1 Å². The lowest BCUT2D eigenvalue weighted by Crippen LogP contribution is -2.45. The van der Waals surface area contributed by atoms with E-state index in [1.165, 1.54) is 30.2 Å². The zero-order chi connectivity index (χ0) is 13.3. The van der Waals surface area contributed by atoms with Crippen molar-refractivity contribution in [1.29, 1.82) is 0 Å². The number of halogens is 1. The van der Waals surface area contributed by atoms with Crippen molar-refractivity contribution >= 4 is 11.6 Å². The number of benzene rings is 1. The molecule has 1 fully saturated rings. The molecule has 0 aliphatic heterocycles. The van der Waals surface area contributed by atoms with Gasteiger partial charge in [0.15, 0.2) is 0 Å². The predicted octanol–water partition coefficient (Wildman–Crippen LogP) is 1.53. The Kier molecular flexibility index (Phi) is 3.52. The molecule has 0 radical (unpaired) electrons. The van der Waals surface area contributed by atoms with Gasteiger partial charge in [-0.1, -0.05) is 0 Å². The van der Waals surface area contributed by atoms with Crippen LogP contribution < -0.4 is 15.4 Å². The van der Waals surface area contributed by atoms with Crippen LogP contribution in [0.2, 0.25) is 0 Å². The highest BCUT2D eigenvalue weighted by atomic mass is 19.1. The molecule has 0 heterocycles. The highest BCUT2D eigenvalue weighted by Crippen LogP contribution is 2.33. The number of ether oxygens (including phenoxy) is 1. The summed E-state index contributed by atoms with van der Waals surface area (Å²) < 4.78 is 18.4. The monoisotopic (exact) mass is 252 g/mol. The van der Waals surface area contributed by atoms with Crippen molar-refractivity contribution in [3.8, 4) is 5.75 Å². The molecule has 0 atom stereocenters. The highest BCUT2D eigenvalue weighted by Gasteiger charge is 2.34. The minimum atomic E-state index is -0.393. The van der Waals surface area contributed by atoms with Crippen molar-refractivity contribution in [3.63, 3.8) is 0 Å². The van der Waals surface area contributed by atoms with E-state index >= 15 is 0 Å². The summed E-state index contributed by atoms with van der Waals surface area (Å²) in [7, 11) is 3.12. The number of anilines is 1. The Bertz CT molecular complexity index is 458. The molecule has 1 aromatic carbocycles. The van der Waals surface area contributed by atoms with Crippen molar-refractivity contribution in [3.05, 3.63) is 24.0 Å². The second-order valence-corrected chi connectivity index (χ2v) is 4.64. The first-order valence-corrected chi connectivity index (χ1v) is 5.89. The normalized spacial score (nSPS) is 22.2. The number of hydrogen-bond acceptors (Lipinski definition) is 3. The smallest absolute Gasteiger partial charge is 0.230 e. The Labute approximate surface area is 106 Å². The summed E-state index contributed by atoms with van der Waals surface area (Å²) in [5.41, 5.74) is 6.12. The average molecular weight is 252 g/mol. The first-order chi connectivity index (χ1) is 8.52. The maximum atomic E-state index is 13.3. The number of nitrogens with zero attached hydrogens (tertiary/aromatic N) is 1. The van der Waals surface area contributed by atoms with Crippen LogP contribution in [0.25, 0.3) is 0 Å². The number of rotatable bonds is 3. The van der Waals surface area contributed by atoms with Crippen molar-refractivity contribution in [1.82, 2.24) is 0 Å². The van der Waals surface area contributed by atoms with Gasteiger partial charge in [-0.25, -0.2) is 4.39 Å². The van der Waals surface area contributed by atoms with Crippen molar-refractivity contribution in [2.45, 2.75) is 18.9 Å². The molecule has 1 amide bonds. The number of hydrogen-bond donors (Lipinski definition) is 1. The fraction of sp³-hybridized carbons (Fsp3) is 0.462. The van der Waals surface area contributed by atoms with Crippen LogP contribution in [0, 0.1) is 11.7 Å². The molecular formula is C13H17FN2O2. The van der Waals surface area contributed by atoms with Crippen LogP contribution in [0.5, 0.6) is 5.75 Å². The van der Waals surface area contributed by atoms with Crippen molar-refractivity contribution < 1.29 is 13.9 Å². The van der Waals surface area contributed by atoms with Gasteiger partial charge in [0.05, 0.1) is 12.8 Å². The maximum Gasteiger partial charge on any atom is 0.230 e. The van der Waals surface area contributed by atoms with Crippen LogP contribution in [0.1, 0.15) is 12.8 Å². The minimum absolute atomic E-state index is 0.0411. The number of methoxy groups -OCH3 is 1. The second-order valence-electron chi connectivity index (χ2n) is 4.64. The van der Waals surface area contributed by atoms with Gasteiger partial charge in [0.1, 0.15) is 11.6 Å². The van der Waals surface area contributed by atoms with Crippen LogP contribution in [-0.4, -0.2) is 26.1 Å². The van der Waals surface area contributed by atoms with Crippen LogP contribution in [-0.2, 0) is 4.79 Å². The first kappa shape index (κ1) is 12.8. The number of carbonyl (C=O) groups excluding carboxylic acids is 1. The summed E-state index contributed by atoms with van der Waals surface area (Å²) in [4.78, 5) is 13.6. The van der Waals surface area contributed by atoms with Crippen LogP contribution >= 0.6 is 0 Å². The molecule has 0 unspecified atom stereocenters. The van der Waals surface area contributed by atoms with Gasteiger partial charge in [-0.05, 0) is 25.0 Å². The molecule has 0 spiro atoms. The van der Waals surface area contributed by atoms with E-state index < -0.39 is 5.82 Å². The molecule has 18 heavy (non-hydrogen) atoms. The SMILES string of the molecule is COc1ccc(F)cc1N(C)C(=O)C1CC(N)C1. The van der Waals surface area contributed by atoms with Crippen LogP contribution in [0.3, 0.4) is 0 Å². The van der Waals surface area contributed by atoms with Gasteiger partial charge in [0, 0.05) is 25.1 Å². The number of carbonyl (C=O) groups is 1. The molecule has 1 saturated carbocycles. The third-order valence-corrected chi connectivity index (χ3v) is 3.36. The lowest BCUT2D eigenvalue weighted by molar-refractivity contribution is -0.124. The van der Waals surface area contributed by atoms with Crippen molar-refractivity contribution in [2.24, 2.45) is 11.7 Å². The van der Waals surface area contributed by atoms with E-state index in [9.17, 15) is 9.18 Å². The van der Waals surface area contributed by atoms with Gasteiger partial charge in [0.25, 0.3) is 0 Å². The molecule has 5 heteroatoms. The predicted molar refractivity (Wildman–Crippen MR) is 67.1 cm³/mol. The van der Waals surface area contributed by atoms with E-state index in [1.54, 1.807) is 7.05 Å². The second kappa shape index (κ2) is 4.94. The van der Waals surface area contributed by atoms with Gasteiger partial charge in [-0.15, -0.1) is 0 Å². The lowest BCUT2D eigenvalue weighted by Gasteiger charge is -2.34. The lowest BCUT2D eigenvalue weighted by atomic mass is 9.80. The van der Waals surface area contributed by atoms with E-state index in [4.69, 9.17) is 10.5 Å². The maximum absolute atomic E-state index is 13.3. The first-order valence-electron chi connectivity index (χ1n) is 5.89. The molecule has 0 aromatic heterocycles. The van der Waals surface area contributed by atoms with Crippen LogP contribution in [0.15, 0.2) is 18.2 Å². The Morgan fingerprint density at radius 1 is 1.50 bits per heavy atom. The molecule has 0 bridgehead atoms. The van der Waals surface area contributed by atoms with E-state index in [2.05, 4.69) is 0 Å². The van der Waals surface area contributed by atoms with E-state index in [-0.39, 0.29) is 17.9 Å². The van der Waals surface area contributed by atoms with Gasteiger partial charge in [0.2, 0.25) is 5.91 Å². The fourth-order valence-corrected chi connectivity index (χ4v) is 2.18. The third kappa shape index (κ3) is 2.31. The Morgan fingerprint density at radius 3 is 2.72 bits per heavy atom. The summed E-state index contributed by atoms with van der Waals surface area (Å²) in [6.07, 6.45) is 1.39. The summed E-state index contributed by atoms with van der Waals surface area (Å²) in [5.74, 6) is -0.00907. The molecule has 1 aliphatic carbocycles. The molecule has 0 saturated heterocycles. The summed E-state index contributed by atoms with van der Waals surface area (Å²) in [6.45, 7) is 0. The quantitative estimate of drug-likeness (QED) is 0.887. The standard InChI is InChI=1S/C13H17FN2O2/c1-16(13(17)8-5-10(15)6-8)11-7-9(14)3-4-12(11)18-2/h3-4,7-8,10H,5-6,15H2,1-2H3. The molecule has 98 valence electrons. The number of nitrogens with two attached hydrogens (primary N) is 1. The Balaban J connectivity index is 2.19. The molecule has 1 aromatic rings.